The molecule has 1 aliphatic carbocycles. The zero-order chi connectivity index (χ0) is 16.1. The Morgan fingerprint density at radius 2 is 2.00 bits per heavy atom. The van der Waals surface area contributed by atoms with Gasteiger partial charge in [-0.15, -0.1) is 12.4 Å². The highest BCUT2D eigenvalue weighted by Gasteiger charge is 2.32. The number of nitrogens with one attached hydrogen (secondary N) is 2. The highest BCUT2D eigenvalue weighted by Crippen LogP contribution is 2.33. The number of ether oxygens (including phenoxy) is 1. The number of carbonyl (C=O) groups excluding carboxylic acids is 2. The Morgan fingerprint density at radius 3 is 2.61 bits per heavy atom. The summed E-state index contributed by atoms with van der Waals surface area (Å²) in [6.07, 6.45) is 2.87. The molecule has 2 amide bonds. The van der Waals surface area contributed by atoms with E-state index in [1.54, 1.807) is 25.3 Å². The molecule has 2 rings (SSSR count). The van der Waals surface area contributed by atoms with Crippen LogP contribution < -0.4 is 21.1 Å². The predicted octanol–water partition coefficient (Wildman–Crippen LogP) is 2.39. The number of anilines is 2. The first-order valence-electron chi connectivity index (χ1n) is 7.51. The lowest BCUT2D eigenvalue weighted by Crippen LogP contribution is -2.30. The van der Waals surface area contributed by atoms with Crippen molar-refractivity contribution in [1.29, 1.82) is 0 Å². The van der Waals surface area contributed by atoms with Crippen molar-refractivity contribution in [3.8, 4) is 5.75 Å². The van der Waals surface area contributed by atoms with Crippen LogP contribution in [0.4, 0.5) is 11.4 Å². The Labute approximate surface area is 142 Å². The number of nitrogens with two attached hydrogens (primary N) is 1. The quantitative estimate of drug-likeness (QED) is 0.766. The van der Waals surface area contributed by atoms with Crippen molar-refractivity contribution in [1.82, 2.24) is 0 Å². The van der Waals surface area contributed by atoms with Crippen molar-refractivity contribution in [3.63, 3.8) is 0 Å². The molecule has 1 aromatic rings. The summed E-state index contributed by atoms with van der Waals surface area (Å²) in [7, 11) is 1.56. The maximum Gasteiger partial charge on any atom is 0.227 e. The summed E-state index contributed by atoms with van der Waals surface area (Å²) in [5, 5.41) is 5.62. The first-order chi connectivity index (χ1) is 10.5. The third-order valence-electron chi connectivity index (χ3n) is 4.09. The minimum atomic E-state index is -0.193. The van der Waals surface area contributed by atoms with E-state index < -0.39 is 0 Å². The van der Waals surface area contributed by atoms with Gasteiger partial charge < -0.3 is 21.1 Å². The van der Waals surface area contributed by atoms with Gasteiger partial charge in [-0.25, -0.2) is 0 Å². The average molecular weight is 342 g/mol. The highest BCUT2D eigenvalue weighted by molar-refractivity contribution is 6.00. The van der Waals surface area contributed by atoms with Crippen LogP contribution in [0.3, 0.4) is 0 Å². The number of rotatable bonds is 5. The van der Waals surface area contributed by atoms with Gasteiger partial charge in [-0.3, -0.25) is 9.59 Å². The van der Waals surface area contributed by atoms with E-state index in [4.69, 9.17) is 10.5 Å². The Kier molecular flexibility index (Phi) is 7.32. The molecule has 0 heterocycles. The summed E-state index contributed by atoms with van der Waals surface area (Å²) in [6.45, 7) is 1.95. The smallest absolute Gasteiger partial charge is 0.227 e. The number of benzene rings is 1. The number of methoxy groups -OCH3 is 1. The Balaban J connectivity index is 0.00000264. The van der Waals surface area contributed by atoms with Crippen LogP contribution in [0.5, 0.6) is 5.75 Å². The Morgan fingerprint density at radius 1 is 1.26 bits per heavy atom. The summed E-state index contributed by atoms with van der Waals surface area (Å²) in [4.78, 5) is 23.8. The van der Waals surface area contributed by atoms with Gasteiger partial charge in [0.25, 0.3) is 0 Å². The fraction of sp³-hybridized carbons (Fsp3) is 0.500. The third-order valence-corrected chi connectivity index (χ3v) is 4.09. The molecule has 1 aliphatic rings. The van der Waals surface area contributed by atoms with Crippen LogP contribution in [0, 0.1) is 11.8 Å². The largest absolute Gasteiger partial charge is 0.497 e. The number of halogens is 1. The molecule has 0 saturated heterocycles. The molecule has 2 atom stereocenters. The lowest BCUT2D eigenvalue weighted by atomic mass is 9.95. The van der Waals surface area contributed by atoms with E-state index in [2.05, 4.69) is 10.6 Å². The molecule has 0 aliphatic heterocycles. The first-order valence-corrected chi connectivity index (χ1v) is 7.51. The molecule has 0 aromatic heterocycles. The highest BCUT2D eigenvalue weighted by atomic mass is 35.5. The molecule has 1 aromatic carbocycles. The summed E-state index contributed by atoms with van der Waals surface area (Å²) in [5.41, 5.74) is 6.84. The van der Waals surface area contributed by atoms with Gasteiger partial charge in [-0.05, 0) is 37.4 Å². The zero-order valence-corrected chi connectivity index (χ0v) is 14.2. The predicted molar refractivity (Wildman–Crippen MR) is 93.1 cm³/mol. The van der Waals surface area contributed by atoms with Gasteiger partial charge in [0.05, 0.1) is 18.5 Å². The molecular formula is C16H24ClN3O3. The first kappa shape index (κ1) is 19.3. The van der Waals surface area contributed by atoms with Crippen molar-refractivity contribution in [2.24, 2.45) is 17.6 Å². The zero-order valence-electron chi connectivity index (χ0n) is 13.4. The third kappa shape index (κ3) is 4.84. The van der Waals surface area contributed by atoms with Crippen LogP contribution in [0.25, 0.3) is 0 Å². The van der Waals surface area contributed by atoms with Crippen LogP contribution in [-0.2, 0) is 9.59 Å². The maximum atomic E-state index is 12.5. The van der Waals surface area contributed by atoms with Crippen LogP contribution in [0.15, 0.2) is 18.2 Å². The minimum absolute atomic E-state index is 0. The summed E-state index contributed by atoms with van der Waals surface area (Å²) in [6, 6.07) is 5.15. The number of carbonyl (C=O) groups is 2. The SMILES string of the molecule is COc1ccc(NC(C)=O)c(NC(=O)[C@@H]2CCC[C@@H]2CN)c1.Cl. The van der Waals surface area contributed by atoms with Crippen molar-refractivity contribution < 1.29 is 14.3 Å². The second-order valence-corrected chi connectivity index (χ2v) is 5.62. The molecule has 6 nitrogen and oxygen atoms in total. The summed E-state index contributed by atoms with van der Waals surface area (Å²) < 4.78 is 5.18. The Hall–Kier alpha value is -1.79. The molecule has 0 unspecified atom stereocenters. The number of hydrogen-bond acceptors (Lipinski definition) is 4. The lowest BCUT2D eigenvalue weighted by molar-refractivity contribution is -0.120. The Bertz CT molecular complexity index is 566. The van der Waals surface area contributed by atoms with Crippen LogP contribution in [0.2, 0.25) is 0 Å². The van der Waals surface area contributed by atoms with Gasteiger partial charge in [0.1, 0.15) is 5.75 Å². The molecule has 0 bridgehead atoms. The molecule has 4 N–H and O–H groups in total. The molecule has 23 heavy (non-hydrogen) atoms. The van der Waals surface area contributed by atoms with Gasteiger partial charge in [-0.1, -0.05) is 6.42 Å². The lowest BCUT2D eigenvalue weighted by Gasteiger charge is -2.19. The van der Waals surface area contributed by atoms with Gasteiger partial charge >= 0.3 is 0 Å². The standard InChI is InChI=1S/C16H23N3O3.ClH/c1-10(20)18-14-7-6-12(22-2)8-15(14)19-16(21)13-5-3-4-11(13)9-17;/h6-8,11,13H,3-5,9,17H2,1-2H3,(H,18,20)(H,19,21);1H/t11-,13-;/m1./s1. The van der Waals surface area contributed by atoms with Gasteiger partial charge in [0.2, 0.25) is 11.8 Å². The van der Waals surface area contributed by atoms with Crippen LogP contribution in [-0.4, -0.2) is 25.5 Å². The van der Waals surface area contributed by atoms with Crippen molar-refractivity contribution in [3.05, 3.63) is 18.2 Å². The summed E-state index contributed by atoms with van der Waals surface area (Å²) in [5.74, 6) is 0.538. The van der Waals surface area contributed by atoms with E-state index in [1.165, 1.54) is 6.92 Å². The van der Waals surface area contributed by atoms with Crippen LogP contribution >= 0.6 is 12.4 Å². The normalized spacial score (nSPS) is 19.6. The van der Waals surface area contributed by atoms with Crippen molar-refractivity contribution in [2.45, 2.75) is 26.2 Å². The summed E-state index contributed by atoms with van der Waals surface area (Å²) >= 11 is 0. The molecule has 0 spiro atoms. The second kappa shape index (κ2) is 8.74. The van der Waals surface area contributed by atoms with Gasteiger partial charge in [-0.2, -0.15) is 0 Å². The molecule has 7 heteroatoms. The number of hydrogen-bond donors (Lipinski definition) is 3. The van der Waals surface area contributed by atoms with Gasteiger partial charge in [0.15, 0.2) is 0 Å². The van der Waals surface area contributed by atoms with E-state index in [1.807, 2.05) is 0 Å². The van der Waals surface area contributed by atoms with E-state index in [9.17, 15) is 9.59 Å². The molecule has 1 saturated carbocycles. The van der Waals surface area contributed by atoms with E-state index in [0.717, 1.165) is 19.3 Å². The van der Waals surface area contributed by atoms with E-state index in [0.29, 0.717) is 23.7 Å². The van der Waals surface area contributed by atoms with Gasteiger partial charge in [0, 0.05) is 18.9 Å². The topological polar surface area (TPSA) is 93.5 Å². The molecule has 0 radical (unpaired) electrons. The number of amides is 2. The van der Waals surface area contributed by atoms with Crippen molar-refractivity contribution >= 4 is 35.6 Å². The van der Waals surface area contributed by atoms with Crippen LogP contribution in [0.1, 0.15) is 26.2 Å². The molecule has 128 valence electrons. The second-order valence-electron chi connectivity index (χ2n) is 5.62. The fourth-order valence-corrected chi connectivity index (χ4v) is 2.94. The average Bonchev–Trinajstić information content (AvgIpc) is 2.97. The fourth-order valence-electron chi connectivity index (χ4n) is 2.94. The maximum absolute atomic E-state index is 12.5. The monoisotopic (exact) mass is 341 g/mol. The molecular weight excluding hydrogens is 318 g/mol. The van der Waals surface area contributed by atoms with Crippen molar-refractivity contribution in [2.75, 3.05) is 24.3 Å². The molecule has 1 fully saturated rings. The van der Waals surface area contributed by atoms with E-state index in [-0.39, 0.29) is 36.1 Å². The van der Waals surface area contributed by atoms with E-state index >= 15 is 0 Å². The minimum Gasteiger partial charge on any atom is -0.497 e.